The van der Waals surface area contributed by atoms with Gasteiger partial charge in [0, 0.05) is 0 Å². The third kappa shape index (κ3) is 10.1. The molecule has 0 aromatic heterocycles. The van der Waals surface area contributed by atoms with Gasteiger partial charge in [-0.15, -0.1) is 0 Å². The van der Waals surface area contributed by atoms with Crippen molar-refractivity contribution < 1.29 is 0 Å². The Bertz CT molecular complexity index is 395. The molecule has 138 valence electrons. The number of hydrogen-bond acceptors (Lipinski definition) is 1. The first-order valence-corrected chi connectivity index (χ1v) is 10.5. The predicted molar refractivity (Wildman–Crippen MR) is 109 cm³/mol. The zero-order valence-corrected chi connectivity index (χ0v) is 16.7. The van der Waals surface area contributed by atoms with E-state index in [0.29, 0.717) is 0 Å². The van der Waals surface area contributed by atoms with Crippen LogP contribution < -0.4 is 0 Å². The fraction of sp³-hybridized carbons (Fsp3) is 0.739. The normalized spacial score (nSPS) is 11.3. The summed E-state index contributed by atoms with van der Waals surface area (Å²) in [4.78, 5) is 2.54. The van der Waals surface area contributed by atoms with E-state index in [4.69, 9.17) is 0 Å². The zero-order valence-electron chi connectivity index (χ0n) is 16.7. The first-order chi connectivity index (χ1) is 11.8. The molecule has 0 aliphatic heterocycles. The highest BCUT2D eigenvalue weighted by molar-refractivity contribution is 5.25. The Morgan fingerprint density at radius 3 is 1.71 bits per heavy atom. The van der Waals surface area contributed by atoms with Gasteiger partial charge in [-0.05, 0) is 56.9 Å². The number of benzene rings is 1. The summed E-state index contributed by atoms with van der Waals surface area (Å²) in [5.41, 5.74) is 3.00. The van der Waals surface area contributed by atoms with Crippen molar-refractivity contribution in [3.8, 4) is 0 Å². The molecule has 0 saturated carbocycles. The van der Waals surface area contributed by atoms with E-state index >= 15 is 0 Å². The highest BCUT2D eigenvalue weighted by atomic mass is 15.1. The van der Waals surface area contributed by atoms with Crippen LogP contribution in [0.1, 0.15) is 89.2 Å². The van der Waals surface area contributed by atoms with Crippen LogP contribution in [0, 0.1) is 6.92 Å². The number of hydrogen-bond donors (Lipinski definition) is 0. The first kappa shape index (κ1) is 21.2. The molecule has 0 heterocycles. The molecule has 1 heteroatoms. The van der Waals surface area contributed by atoms with E-state index in [1.54, 1.807) is 5.56 Å². The Morgan fingerprint density at radius 2 is 1.17 bits per heavy atom. The van der Waals surface area contributed by atoms with E-state index in [-0.39, 0.29) is 0 Å². The largest absolute Gasteiger partial charge is 0.304 e. The number of aryl methyl sites for hydroxylation is 2. The van der Waals surface area contributed by atoms with Crippen LogP contribution in [-0.4, -0.2) is 24.5 Å². The summed E-state index contributed by atoms with van der Waals surface area (Å²) in [5.74, 6) is 0. The fourth-order valence-corrected chi connectivity index (χ4v) is 3.50. The van der Waals surface area contributed by atoms with Crippen LogP contribution in [0.5, 0.6) is 0 Å². The Morgan fingerprint density at radius 1 is 0.667 bits per heavy atom. The number of rotatable bonds is 15. The van der Waals surface area contributed by atoms with E-state index < -0.39 is 0 Å². The first-order valence-electron chi connectivity index (χ1n) is 10.5. The topological polar surface area (TPSA) is 3.24 Å². The Labute approximate surface area is 151 Å². The second-order valence-corrected chi connectivity index (χ2v) is 7.24. The SMILES string of the molecule is CCN(CC)CCCCCCCCCCCCc1ccccc1C. The van der Waals surface area contributed by atoms with E-state index in [1.165, 1.54) is 95.8 Å². The molecule has 0 aliphatic rings. The van der Waals surface area contributed by atoms with Crippen molar-refractivity contribution in [2.45, 2.75) is 91.4 Å². The van der Waals surface area contributed by atoms with Gasteiger partial charge in [-0.1, -0.05) is 89.5 Å². The molecular formula is C23H41N. The van der Waals surface area contributed by atoms with E-state index in [0.717, 1.165) is 0 Å². The van der Waals surface area contributed by atoms with E-state index in [9.17, 15) is 0 Å². The minimum atomic E-state index is 1.21. The van der Waals surface area contributed by atoms with Crippen molar-refractivity contribution in [1.82, 2.24) is 4.90 Å². The van der Waals surface area contributed by atoms with Gasteiger partial charge in [0.25, 0.3) is 0 Å². The summed E-state index contributed by atoms with van der Waals surface area (Å²) >= 11 is 0. The molecular weight excluding hydrogens is 290 g/mol. The van der Waals surface area contributed by atoms with Gasteiger partial charge in [0.15, 0.2) is 0 Å². The van der Waals surface area contributed by atoms with Crippen molar-refractivity contribution in [2.75, 3.05) is 19.6 Å². The van der Waals surface area contributed by atoms with Gasteiger partial charge in [0.2, 0.25) is 0 Å². The molecule has 0 spiro atoms. The zero-order chi connectivity index (χ0) is 17.5. The molecule has 1 aromatic carbocycles. The number of unbranched alkanes of at least 4 members (excludes halogenated alkanes) is 9. The Balaban J connectivity index is 1.83. The fourth-order valence-electron chi connectivity index (χ4n) is 3.50. The summed E-state index contributed by atoms with van der Waals surface area (Å²) in [6.45, 7) is 10.5. The maximum Gasteiger partial charge on any atom is -0.00190 e. The lowest BCUT2D eigenvalue weighted by molar-refractivity contribution is 0.295. The van der Waals surface area contributed by atoms with E-state index in [2.05, 4.69) is 49.9 Å². The van der Waals surface area contributed by atoms with Crippen molar-refractivity contribution in [2.24, 2.45) is 0 Å². The standard InChI is InChI=1S/C23H41N/c1-4-24(5-2)21-17-13-11-9-7-6-8-10-12-14-19-23-20-16-15-18-22(23)3/h15-16,18,20H,4-14,17,19,21H2,1-3H3. The van der Waals surface area contributed by atoms with Crippen LogP contribution in [0.25, 0.3) is 0 Å². The molecule has 0 unspecified atom stereocenters. The lowest BCUT2D eigenvalue weighted by Crippen LogP contribution is -2.23. The average molecular weight is 332 g/mol. The summed E-state index contributed by atoms with van der Waals surface area (Å²) in [7, 11) is 0. The lowest BCUT2D eigenvalue weighted by Gasteiger charge is -2.17. The van der Waals surface area contributed by atoms with Gasteiger partial charge in [0.05, 0.1) is 0 Å². The molecule has 0 atom stereocenters. The smallest absolute Gasteiger partial charge is 0.00190 e. The molecule has 0 N–H and O–H groups in total. The molecule has 1 nitrogen and oxygen atoms in total. The monoisotopic (exact) mass is 331 g/mol. The van der Waals surface area contributed by atoms with Gasteiger partial charge in [-0.25, -0.2) is 0 Å². The van der Waals surface area contributed by atoms with Gasteiger partial charge in [0.1, 0.15) is 0 Å². The predicted octanol–water partition coefficient (Wildman–Crippen LogP) is 6.78. The second-order valence-electron chi connectivity index (χ2n) is 7.24. The second kappa shape index (κ2) is 14.5. The van der Waals surface area contributed by atoms with Crippen molar-refractivity contribution >= 4 is 0 Å². The Hall–Kier alpha value is -0.820. The lowest BCUT2D eigenvalue weighted by atomic mass is 10.0. The summed E-state index contributed by atoms with van der Waals surface area (Å²) < 4.78 is 0. The van der Waals surface area contributed by atoms with Gasteiger partial charge in [-0.3, -0.25) is 0 Å². The molecule has 0 bridgehead atoms. The minimum absolute atomic E-state index is 1.21. The molecule has 0 aliphatic carbocycles. The van der Waals surface area contributed by atoms with Gasteiger partial charge in [-0.2, -0.15) is 0 Å². The summed E-state index contributed by atoms with van der Waals surface area (Å²) in [6.07, 6.45) is 15.5. The average Bonchev–Trinajstić information content (AvgIpc) is 2.60. The maximum absolute atomic E-state index is 2.54. The van der Waals surface area contributed by atoms with Crippen molar-refractivity contribution in [1.29, 1.82) is 0 Å². The van der Waals surface area contributed by atoms with Gasteiger partial charge < -0.3 is 4.90 Å². The summed E-state index contributed by atoms with van der Waals surface area (Å²) in [6, 6.07) is 8.83. The van der Waals surface area contributed by atoms with Crippen LogP contribution in [0.2, 0.25) is 0 Å². The van der Waals surface area contributed by atoms with Crippen LogP contribution in [0.15, 0.2) is 24.3 Å². The Kier molecular flexibility index (Phi) is 12.8. The van der Waals surface area contributed by atoms with Crippen molar-refractivity contribution in [3.05, 3.63) is 35.4 Å². The van der Waals surface area contributed by atoms with Crippen LogP contribution in [0.4, 0.5) is 0 Å². The van der Waals surface area contributed by atoms with Crippen LogP contribution in [0.3, 0.4) is 0 Å². The minimum Gasteiger partial charge on any atom is -0.304 e. The molecule has 0 fully saturated rings. The molecule has 1 aromatic rings. The van der Waals surface area contributed by atoms with Crippen LogP contribution >= 0.6 is 0 Å². The molecule has 24 heavy (non-hydrogen) atoms. The molecule has 0 amide bonds. The quantitative estimate of drug-likeness (QED) is 0.320. The summed E-state index contributed by atoms with van der Waals surface area (Å²) in [5, 5.41) is 0. The maximum atomic E-state index is 2.54. The van der Waals surface area contributed by atoms with E-state index in [1.807, 2.05) is 0 Å². The highest BCUT2D eigenvalue weighted by Crippen LogP contribution is 2.14. The van der Waals surface area contributed by atoms with Crippen molar-refractivity contribution in [3.63, 3.8) is 0 Å². The van der Waals surface area contributed by atoms with Gasteiger partial charge >= 0.3 is 0 Å². The highest BCUT2D eigenvalue weighted by Gasteiger charge is 1.99. The molecule has 0 radical (unpaired) electrons. The third-order valence-corrected chi connectivity index (χ3v) is 5.33. The number of nitrogens with zero attached hydrogens (tertiary/aromatic N) is 1. The third-order valence-electron chi connectivity index (χ3n) is 5.33. The molecule has 1 rings (SSSR count). The van der Waals surface area contributed by atoms with Crippen LogP contribution in [-0.2, 0) is 6.42 Å². The molecule has 0 saturated heterocycles.